The van der Waals surface area contributed by atoms with Crippen LogP contribution in [0.15, 0.2) is 12.1 Å². The maximum absolute atomic E-state index is 10.9. The maximum Gasteiger partial charge on any atom is 0.310 e. The summed E-state index contributed by atoms with van der Waals surface area (Å²) in [6.07, 6.45) is 0. The predicted molar refractivity (Wildman–Crippen MR) is 68.1 cm³/mol. The highest BCUT2D eigenvalue weighted by Gasteiger charge is 2.19. The first-order valence-corrected chi connectivity index (χ1v) is 5.86. The second kappa shape index (κ2) is 5.41. The Hall–Kier alpha value is -1.22. The molecule has 1 aromatic carbocycles. The average molecular weight is 257 g/mol. The molecule has 1 rings (SSSR count). The van der Waals surface area contributed by atoms with Crippen LogP contribution in [0.1, 0.15) is 43.7 Å². The molecule has 0 fully saturated rings. The zero-order valence-electron chi connectivity index (χ0n) is 10.5. The van der Waals surface area contributed by atoms with E-state index in [2.05, 4.69) is 0 Å². The number of hydrogen-bond donors (Lipinski definition) is 1. The minimum Gasteiger partial charge on any atom is -0.496 e. The van der Waals surface area contributed by atoms with Crippen molar-refractivity contribution < 1.29 is 14.6 Å². The molecule has 3 nitrogen and oxygen atoms in total. The van der Waals surface area contributed by atoms with Gasteiger partial charge in [-0.15, -0.1) is 0 Å². The Kier molecular flexibility index (Phi) is 4.40. The highest BCUT2D eigenvalue weighted by atomic mass is 35.5. The molecule has 4 heteroatoms. The first-order valence-electron chi connectivity index (χ1n) is 5.48. The monoisotopic (exact) mass is 256 g/mol. The third kappa shape index (κ3) is 2.91. The van der Waals surface area contributed by atoms with Crippen LogP contribution < -0.4 is 4.74 Å². The highest BCUT2D eigenvalue weighted by Crippen LogP contribution is 2.36. The fraction of sp³-hybridized carbons (Fsp3) is 0.462. The van der Waals surface area contributed by atoms with Gasteiger partial charge in [0.1, 0.15) is 5.75 Å². The Balaban J connectivity index is 3.31. The van der Waals surface area contributed by atoms with E-state index < -0.39 is 11.9 Å². The Morgan fingerprint density at radius 3 is 2.35 bits per heavy atom. The summed E-state index contributed by atoms with van der Waals surface area (Å²) in [7, 11) is 1.56. The van der Waals surface area contributed by atoms with Crippen molar-refractivity contribution in [2.45, 2.75) is 32.6 Å². The van der Waals surface area contributed by atoms with Crippen LogP contribution in [0.25, 0.3) is 0 Å². The summed E-state index contributed by atoms with van der Waals surface area (Å²) in [5.74, 6) is -0.592. The van der Waals surface area contributed by atoms with Gasteiger partial charge in [0, 0.05) is 10.6 Å². The summed E-state index contributed by atoms with van der Waals surface area (Å²) in [5.41, 5.74) is 1.57. The van der Waals surface area contributed by atoms with E-state index in [4.69, 9.17) is 21.4 Å². The second-order valence-electron chi connectivity index (χ2n) is 4.33. The molecule has 0 saturated heterocycles. The molecular weight excluding hydrogens is 240 g/mol. The zero-order valence-corrected chi connectivity index (χ0v) is 11.2. The first-order chi connectivity index (χ1) is 7.88. The van der Waals surface area contributed by atoms with Crippen molar-refractivity contribution in [2.24, 2.45) is 0 Å². The van der Waals surface area contributed by atoms with E-state index >= 15 is 0 Å². The fourth-order valence-corrected chi connectivity index (χ4v) is 2.17. The van der Waals surface area contributed by atoms with Crippen LogP contribution in [0.4, 0.5) is 0 Å². The molecule has 1 N–H and O–H groups in total. The average Bonchev–Trinajstić information content (AvgIpc) is 2.25. The Bertz CT molecular complexity index is 427. The van der Waals surface area contributed by atoms with Crippen LogP contribution >= 0.6 is 11.6 Å². The molecule has 1 aromatic rings. The van der Waals surface area contributed by atoms with Crippen LogP contribution in [0, 0.1) is 0 Å². The van der Waals surface area contributed by atoms with Crippen molar-refractivity contribution in [1.29, 1.82) is 0 Å². The van der Waals surface area contributed by atoms with Crippen molar-refractivity contribution in [3.63, 3.8) is 0 Å². The summed E-state index contributed by atoms with van der Waals surface area (Å²) in [6, 6.07) is 3.46. The molecule has 0 radical (unpaired) electrons. The van der Waals surface area contributed by atoms with Gasteiger partial charge in [0.25, 0.3) is 0 Å². The molecule has 0 saturated carbocycles. The molecule has 94 valence electrons. The largest absolute Gasteiger partial charge is 0.496 e. The molecule has 0 aliphatic heterocycles. The zero-order chi connectivity index (χ0) is 13.2. The quantitative estimate of drug-likeness (QED) is 0.894. The summed E-state index contributed by atoms with van der Waals surface area (Å²) >= 11 is 6.18. The van der Waals surface area contributed by atoms with Crippen LogP contribution in [-0.4, -0.2) is 18.2 Å². The normalized spacial score (nSPS) is 12.6. The minimum atomic E-state index is -0.875. The molecule has 0 heterocycles. The number of carboxylic acids is 1. The third-order valence-corrected chi connectivity index (χ3v) is 3.09. The number of carbonyl (C=O) groups is 1. The molecule has 0 aliphatic rings. The number of methoxy groups -OCH3 is 1. The smallest absolute Gasteiger partial charge is 0.310 e. The van der Waals surface area contributed by atoms with Crippen molar-refractivity contribution in [3.8, 4) is 5.75 Å². The number of rotatable bonds is 4. The van der Waals surface area contributed by atoms with Gasteiger partial charge in [-0.25, -0.2) is 0 Å². The third-order valence-electron chi connectivity index (χ3n) is 2.78. The minimum absolute atomic E-state index is 0.228. The lowest BCUT2D eigenvalue weighted by Gasteiger charge is -2.17. The molecule has 0 aliphatic carbocycles. The molecule has 0 bridgehead atoms. The summed E-state index contributed by atoms with van der Waals surface area (Å²) in [5, 5.41) is 9.54. The van der Waals surface area contributed by atoms with E-state index in [0.29, 0.717) is 16.3 Å². The number of ether oxygens (including phenoxy) is 1. The maximum atomic E-state index is 10.9. The molecule has 1 unspecified atom stereocenters. The Morgan fingerprint density at radius 2 is 1.94 bits per heavy atom. The fourth-order valence-electron chi connectivity index (χ4n) is 1.73. The van der Waals surface area contributed by atoms with Crippen molar-refractivity contribution in [3.05, 3.63) is 28.3 Å². The Labute approximate surface area is 106 Å². The number of halogens is 1. The molecular formula is C13H17ClO3. The summed E-state index contributed by atoms with van der Waals surface area (Å²) < 4.78 is 5.28. The number of hydrogen-bond acceptors (Lipinski definition) is 2. The van der Waals surface area contributed by atoms with Crippen LogP contribution in [-0.2, 0) is 4.79 Å². The number of carboxylic acid groups (broad SMARTS) is 1. The highest BCUT2D eigenvalue weighted by molar-refractivity contribution is 6.31. The standard InChI is InChI=1S/C13H17ClO3/c1-7(2)12-10(14)5-9(6-11(12)17-4)8(3)13(15)16/h5-8H,1-4H3,(H,15,16). The van der Waals surface area contributed by atoms with Crippen molar-refractivity contribution >= 4 is 17.6 Å². The lowest BCUT2D eigenvalue weighted by atomic mass is 9.95. The van der Waals surface area contributed by atoms with E-state index in [9.17, 15) is 4.79 Å². The van der Waals surface area contributed by atoms with Gasteiger partial charge < -0.3 is 9.84 Å². The summed E-state index contributed by atoms with van der Waals surface area (Å²) in [6.45, 7) is 5.66. The van der Waals surface area contributed by atoms with Crippen molar-refractivity contribution in [2.75, 3.05) is 7.11 Å². The Morgan fingerprint density at radius 1 is 1.35 bits per heavy atom. The van der Waals surface area contributed by atoms with E-state index in [0.717, 1.165) is 5.56 Å². The van der Waals surface area contributed by atoms with Gasteiger partial charge in [0.15, 0.2) is 0 Å². The second-order valence-corrected chi connectivity index (χ2v) is 4.74. The van der Waals surface area contributed by atoms with Crippen LogP contribution in [0.2, 0.25) is 5.02 Å². The first kappa shape index (κ1) is 13.8. The molecule has 0 spiro atoms. The van der Waals surface area contributed by atoms with Gasteiger partial charge in [-0.05, 0) is 30.5 Å². The van der Waals surface area contributed by atoms with Gasteiger partial charge in [-0.2, -0.15) is 0 Å². The van der Waals surface area contributed by atoms with Gasteiger partial charge in [-0.1, -0.05) is 25.4 Å². The van der Waals surface area contributed by atoms with Gasteiger partial charge in [0.05, 0.1) is 13.0 Å². The number of aliphatic carboxylic acids is 1. The van der Waals surface area contributed by atoms with E-state index in [-0.39, 0.29) is 5.92 Å². The molecule has 17 heavy (non-hydrogen) atoms. The van der Waals surface area contributed by atoms with E-state index in [1.54, 1.807) is 26.2 Å². The van der Waals surface area contributed by atoms with E-state index in [1.165, 1.54) is 0 Å². The lowest BCUT2D eigenvalue weighted by molar-refractivity contribution is -0.138. The van der Waals surface area contributed by atoms with Gasteiger partial charge in [-0.3, -0.25) is 4.79 Å². The SMILES string of the molecule is COc1cc(C(C)C(=O)O)cc(Cl)c1C(C)C. The van der Waals surface area contributed by atoms with Crippen molar-refractivity contribution in [1.82, 2.24) is 0 Å². The summed E-state index contributed by atoms with van der Waals surface area (Å²) in [4.78, 5) is 10.9. The predicted octanol–water partition coefficient (Wildman–Crippen LogP) is 3.66. The van der Waals surface area contributed by atoms with Crippen LogP contribution in [0.3, 0.4) is 0 Å². The molecule has 1 atom stereocenters. The number of benzene rings is 1. The molecule has 0 aromatic heterocycles. The molecule has 0 amide bonds. The van der Waals surface area contributed by atoms with Gasteiger partial charge >= 0.3 is 5.97 Å². The topological polar surface area (TPSA) is 46.5 Å². The van der Waals surface area contributed by atoms with E-state index in [1.807, 2.05) is 13.8 Å². The van der Waals surface area contributed by atoms with Gasteiger partial charge in [0.2, 0.25) is 0 Å². The van der Waals surface area contributed by atoms with Crippen LogP contribution in [0.5, 0.6) is 5.75 Å². The lowest BCUT2D eigenvalue weighted by Crippen LogP contribution is -2.08.